The lowest BCUT2D eigenvalue weighted by molar-refractivity contribution is 0.102. The number of nitrogens with one attached hydrogen (secondary N) is 2. The van der Waals surface area contributed by atoms with Crippen molar-refractivity contribution < 1.29 is 9.53 Å². The van der Waals surface area contributed by atoms with E-state index < -0.39 is 0 Å². The number of hydrogen-bond donors (Lipinski definition) is 2. The molecular weight excluding hydrogens is 432 g/mol. The third kappa shape index (κ3) is 4.83. The molecule has 0 saturated carbocycles. The largest absolute Gasteiger partial charge is 0.457 e. The van der Waals surface area contributed by atoms with Crippen LogP contribution in [-0.2, 0) is 0 Å². The van der Waals surface area contributed by atoms with Crippen molar-refractivity contribution in [3.63, 3.8) is 0 Å². The van der Waals surface area contributed by atoms with Gasteiger partial charge in [0.25, 0.3) is 5.91 Å². The Hall–Kier alpha value is -4.23. The van der Waals surface area contributed by atoms with Gasteiger partial charge in [0, 0.05) is 34.3 Å². The van der Waals surface area contributed by atoms with E-state index in [-0.39, 0.29) is 5.91 Å². The molecule has 0 aliphatic heterocycles. The molecule has 162 valence electrons. The maximum atomic E-state index is 12.4. The number of aryl methyl sites for hydroxylation is 1. The van der Waals surface area contributed by atoms with Crippen LogP contribution in [0.15, 0.2) is 79.0 Å². The lowest BCUT2D eigenvalue weighted by Crippen LogP contribution is -2.11. The average Bonchev–Trinajstić information content (AvgIpc) is 3.44. The number of amides is 1. The van der Waals surface area contributed by atoms with E-state index in [0.717, 1.165) is 27.0 Å². The molecule has 0 aliphatic carbocycles. The van der Waals surface area contributed by atoms with Gasteiger partial charge in [-0.15, -0.1) is 11.3 Å². The highest BCUT2D eigenvalue weighted by Crippen LogP contribution is 2.28. The molecule has 6 nitrogen and oxygen atoms in total. The van der Waals surface area contributed by atoms with E-state index in [1.807, 2.05) is 85.8 Å². The van der Waals surface area contributed by atoms with Gasteiger partial charge in [-0.1, -0.05) is 42.5 Å². The van der Waals surface area contributed by atoms with Gasteiger partial charge in [-0.05, 0) is 42.8 Å². The number of thiazole rings is 1. The van der Waals surface area contributed by atoms with Crippen molar-refractivity contribution in [2.24, 2.45) is 0 Å². The van der Waals surface area contributed by atoms with Crippen molar-refractivity contribution in [2.45, 2.75) is 6.92 Å². The fraction of sp³-hybridized carbons (Fsp3) is 0.0385. The summed E-state index contributed by atoms with van der Waals surface area (Å²) in [7, 11) is 0. The van der Waals surface area contributed by atoms with E-state index in [4.69, 9.17) is 4.74 Å². The van der Waals surface area contributed by atoms with E-state index >= 15 is 0 Å². The number of hydrogen-bond acceptors (Lipinski definition) is 5. The average molecular weight is 453 g/mol. The van der Waals surface area contributed by atoms with Crippen LogP contribution < -0.4 is 10.1 Å². The van der Waals surface area contributed by atoms with Crippen LogP contribution in [0.4, 0.5) is 5.69 Å². The van der Waals surface area contributed by atoms with Crippen molar-refractivity contribution in [2.75, 3.05) is 5.32 Å². The summed E-state index contributed by atoms with van der Waals surface area (Å²) in [4.78, 5) is 17.5. The molecule has 0 saturated heterocycles. The highest BCUT2D eigenvalue weighted by atomic mass is 32.1. The lowest BCUT2D eigenvalue weighted by Gasteiger charge is -2.08. The molecule has 2 aromatic heterocycles. The number of carbonyl (C=O) groups excluding carboxylic acids is 1. The van der Waals surface area contributed by atoms with Crippen LogP contribution in [0.2, 0.25) is 0 Å². The molecule has 5 rings (SSSR count). The van der Waals surface area contributed by atoms with Crippen molar-refractivity contribution in [3.8, 4) is 11.5 Å². The Bertz CT molecular complexity index is 1450. The number of carbonyl (C=O) groups is 1. The molecular formula is C26H20N4O2S. The third-order valence-corrected chi connectivity index (χ3v) is 5.85. The number of rotatable bonds is 6. The van der Waals surface area contributed by atoms with Crippen LogP contribution in [0.1, 0.15) is 25.9 Å². The predicted molar refractivity (Wildman–Crippen MR) is 133 cm³/mol. The van der Waals surface area contributed by atoms with Crippen LogP contribution in [0, 0.1) is 6.92 Å². The number of anilines is 1. The summed E-state index contributed by atoms with van der Waals surface area (Å²) in [6, 6.07) is 23.2. The number of ether oxygens (including phenoxy) is 1. The summed E-state index contributed by atoms with van der Waals surface area (Å²) in [6.07, 6.45) is 5.71. The summed E-state index contributed by atoms with van der Waals surface area (Å²) < 4.78 is 6.03. The number of fused-ring (bicyclic) bond motifs is 1. The summed E-state index contributed by atoms with van der Waals surface area (Å²) in [6.45, 7) is 1.92. The summed E-state index contributed by atoms with van der Waals surface area (Å²) in [5, 5.41) is 11.8. The first-order chi connectivity index (χ1) is 16.1. The second-order valence-electron chi connectivity index (χ2n) is 7.42. The minimum absolute atomic E-state index is 0.236. The number of H-pyrrole nitrogens is 1. The van der Waals surface area contributed by atoms with Gasteiger partial charge in [0.1, 0.15) is 11.5 Å². The lowest BCUT2D eigenvalue weighted by atomic mass is 10.1. The van der Waals surface area contributed by atoms with Crippen molar-refractivity contribution in [1.29, 1.82) is 0 Å². The Morgan fingerprint density at radius 3 is 2.67 bits per heavy atom. The van der Waals surface area contributed by atoms with Crippen molar-refractivity contribution in [1.82, 2.24) is 15.2 Å². The zero-order valence-electron chi connectivity index (χ0n) is 17.8. The standard InChI is InChI=1S/C26H20N4O2S/c1-17-16-27-26(33-17)25(31)28-19-8-5-9-20(14-19)32-21-11-12-22-23(29-30-24(22)15-21)13-10-18-6-3-2-4-7-18/h2-16H,1H3,(H,28,31)(H,29,30)/b13-10+. The van der Waals surface area contributed by atoms with E-state index in [1.165, 1.54) is 11.3 Å². The topological polar surface area (TPSA) is 79.9 Å². The van der Waals surface area contributed by atoms with E-state index in [0.29, 0.717) is 22.2 Å². The zero-order valence-corrected chi connectivity index (χ0v) is 18.6. The molecule has 0 fully saturated rings. The quantitative estimate of drug-likeness (QED) is 0.306. The molecule has 0 unspecified atom stereocenters. The van der Waals surface area contributed by atoms with E-state index in [9.17, 15) is 4.79 Å². The van der Waals surface area contributed by atoms with Gasteiger partial charge in [0.2, 0.25) is 0 Å². The fourth-order valence-corrected chi connectivity index (χ4v) is 4.03. The highest BCUT2D eigenvalue weighted by molar-refractivity contribution is 7.13. The zero-order chi connectivity index (χ0) is 22.6. The third-order valence-electron chi connectivity index (χ3n) is 4.94. The molecule has 5 aromatic rings. The molecule has 1 amide bonds. The van der Waals surface area contributed by atoms with E-state index in [1.54, 1.807) is 12.3 Å². The van der Waals surface area contributed by atoms with Crippen LogP contribution in [-0.4, -0.2) is 21.1 Å². The first kappa shape index (κ1) is 20.7. The number of nitrogens with zero attached hydrogens (tertiary/aromatic N) is 2. The summed E-state index contributed by atoms with van der Waals surface area (Å²) in [5.41, 5.74) is 3.50. The first-order valence-corrected chi connectivity index (χ1v) is 11.2. The summed E-state index contributed by atoms with van der Waals surface area (Å²) >= 11 is 1.36. The predicted octanol–water partition coefficient (Wildman–Crippen LogP) is 6.54. The summed E-state index contributed by atoms with van der Waals surface area (Å²) in [5.74, 6) is 1.05. The van der Waals surface area contributed by atoms with Crippen LogP contribution in [0.3, 0.4) is 0 Å². The second kappa shape index (κ2) is 9.10. The molecule has 0 radical (unpaired) electrons. The maximum absolute atomic E-state index is 12.4. The molecule has 7 heteroatoms. The molecule has 0 aliphatic rings. The number of aromatic amines is 1. The molecule has 2 N–H and O–H groups in total. The van der Waals surface area contributed by atoms with Gasteiger partial charge < -0.3 is 10.1 Å². The van der Waals surface area contributed by atoms with Crippen molar-refractivity contribution in [3.05, 3.63) is 100 Å². The second-order valence-corrected chi connectivity index (χ2v) is 8.66. The highest BCUT2D eigenvalue weighted by Gasteiger charge is 2.11. The molecule has 0 bridgehead atoms. The van der Waals surface area contributed by atoms with Crippen LogP contribution >= 0.6 is 11.3 Å². The van der Waals surface area contributed by atoms with Crippen LogP contribution in [0.5, 0.6) is 11.5 Å². The Labute approximate surface area is 194 Å². The maximum Gasteiger partial charge on any atom is 0.284 e. The van der Waals surface area contributed by atoms with Crippen molar-refractivity contribution >= 4 is 46.0 Å². The van der Waals surface area contributed by atoms with Gasteiger partial charge in [-0.2, -0.15) is 5.10 Å². The number of benzene rings is 3. The Morgan fingerprint density at radius 2 is 1.85 bits per heavy atom. The van der Waals surface area contributed by atoms with Crippen LogP contribution in [0.25, 0.3) is 23.1 Å². The Balaban J connectivity index is 1.31. The Morgan fingerprint density at radius 1 is 1.00 bits per heavy atom. The van der Waals surface area contributed by atoms with E-state index in [2.05, 4.69) is 20.5 Å². The smallest absolute Gasteiger partial charge is 0.284 e. The van der Waals surface area contributed by atoms with Gasteiger partial charge in [-0.3, -0.25) is 9.89 Å². The number of aromatic nitrogens is 3. The minimum atomic E-state index is -0.236. The normalized spacial score (nSPS) is 11.2. The minimum Gasteiger partial charge on any atom is -0.457 e. The van der Waals surface area contributed by atoms with Gasteiger partial charge >= 0.3 is 0 Å². The Kier molecular flexibility index (Phi) is 5.70. The molecule has 0 atom stereocenters. The molecule has 3 aromatic carbocycles. The van der Waals surface area contributed by atoms with Gasteiger partial charge in [0.05, 0.1) is 11.2 Å². The molecule has 2 heterocycles. The SMILES string of the molecule is Cc1cnc(C(=O)Nc2cccc(Oc3ccc4c(/C=C/c5ccccc5)n[nH]c4c3)c2)s1. The van der Waals surface area contributed by atoms with Gasteiger partial charge in [-0.25, -0.2) is 4.98 Å². The molecule has 0 spiro atoms. The monoisotopic (exact) mass is 452 g/mol. The fourth-order valence-electron chi connectivity index (χ4n) is 3.37. The molecule has 33 heavy (non-hydrogen) atoms. The van der Waals surface area contributed by atoms with Gasteiger partial charge in [0.15, 0.2) is 5.01 Å². The first-order valence-electron chi connectivity index (χ1n) is 10.4.